The van der Waals surface area contributed by atoms with Crippen LogP contribution < -0.4 is 11.1 Å². The van der Waals surface area contributed by atoms with E-state index in [-0.39, 0.29) is 42.6 Å². The van der Waals surface area contributed by atoms with Crippen molar-refractivity contribution in [2.45, 2.75) is 40.7 Å². The van der Waals surface area contributed by atoms with Crippen molar-refractivity contribution in [3.63, 3.8) is 0 Å². The van der Waals surface area contributed by atoms with Crippen molar-refractivity contribution in [1.29, 1.82) is 0 Å². The molecule has 3 amide bonds. The number of carbonyl (C=O) groups is 3. The fourth-order valence-corrected chi connectivity index (χ4v) is 2.33. The molecule has 3 N–H and O–H groups in total. The second-order valence-corrected chi connectivity index (χ2v) is 7.41. The summed E-state index contributed by atoms with van der Waals surface area (Å²) < 4.78 is 0. The molecule has 1 atom stereocenters. The fourth-order valence-electron chi connectivity index (χ4n) is 2.33. The van der Waals surface area contributed by atoms with Crippen molar-refractivity contribution in [1.82, 2.24) is 15.1 Å². The molecule has 1 fully saturated rings. The van der Waals surface area contributed by atoms with Crippen LogP contribution in [-0.2, 0) is 14.4 Å². The number of hydrogen-bond donors (Lipinski definition) is 2. The number of nitrogens with two attached hydrogens (primary N) is 1. The van der Waals surface area contributed by atoms with E-state index in [2.05, 4.69) is 5.32 Å². The van der Waals surface area contributed by atoms with Gasteiger partial charge in [-0.25, -0.2) is 0 Å². The van der Waals surface area contributed by atoms with Gasteiger partial charge in [-0.2, -0.15) is 0 Å². The van der Waals surface area contributed by atoms with Crippen LogP contribution in [0.4, 0.5) is 0 Å². The maximum absolute atomic E-state index is 12.2. The lowest BCUT2D eigenvalue weighted by atomic mass is 9.94. The first kappa shape index (κ1) is 22.7. The number of hydrogen-bond acceptors (Lipinski definition) is 4. The highest BCUT2D eigenvalue weighted by Crippen LogP contribution is 2.18. The average Bonchev–Trinajstić information content (AvgIpc) is 2.49. The number of carbonyl (C=O) groups excluding carboxylic acids is 3. The Morgan fingerprint density at radius 3 is 1.92 bits per heavy atom. The van der Waals surface area contributed by atoms with Gasteiger partial charge in [0, 0.05) is 31.6 Å². The molecule has 1 aliphatic rings. The quantitative estimate of drug-likeness (QED) is 0.748. The van der Waals surface area contributed by atoms with Gasteiger partial charge in [0.25, 0.3) is 0 Å². The number of rotatable bonds is 4. The van der Waals surface area contributed by atoms with Gasteiger partial charge in [0.2, 0.25) is 17.7 Å². The molecule has 0 aromatic heterocycles. The zero-order valence-corrected chi connectivity index (χ0v) is 16.1. The summed E-state index contributed by atoms with van der Waals surface area (Å²) in [5, 5.41) is 2.58. The highest BCUT2D eigenvalue weighted by atomic mass is 35.5. The van der Waals surface area contributed by atoms with Crippen LogP contribution in [0, 0.1) is 11.3 Å². The molecule has 0 radical (unpaired) electrons. The predicted octanol–water partition coefficient (Wildman–Crippen LogP) is 0.225. The Balaban J connectivity index is 0.00000529. The van der Waals surface area contributed by atoms with Gasteiger partial charge in [-0.05, 0) is 5.92 Å². The summed E-state index contributed by atoms with van der Waals surface area (Å²) in [6.07, 6.45) is 0. The van der Waals surface area contributed by atoms with Gasteiger partial charge in [0.05, 0.1) is 12.6 Å². The molecule has 0 saturated carbocycles. The maximum atomic E-state index is 12.2. The van der Waals surface area contributed by atoms with Crippen molar-refractivity contribution in [2.75, 3.05) is 32.7 Å². The van der Waals surface area contributed by atoms with E-state index in [0.717, 1.165) is 0 Å². The second kappa shape index (κ2) is 9.22. The van der Waals surface area contributed by atoms with Crippen LogP contribution in [0.2, 0.25) is 0 Å². The smallest absolute Gasteiger partial charge is 0.242 e. The average molecular weight is 363 g/mol. The van der Waals surface area contributed by atoms with Gasteiger partial charge in [0.1, 0.15) is 0 Å². The minimum atomic E-state index is -0.607. The van der Waals surface area contributed by atoms with Crippen LogP contribution in [0.3, 0.4) is 0 Å². The molecule has 1 heterocycles. The molecular weight excluding hydrogens is 332 g/mol. The Labute approximate surface area is 150 Å². The van der Waals surface area contributed by atoms with E-state index in [9.17, 15) is 14.4 Å². The SMILES string of the molecule is CC(C)[C@H](N)C(=O)NCC(=O)N1CCN(C(=O)C(C)(C)C)CC1.Cl. The van der Waals surface area contributed by atoms with Crippen LogP contribution in [0.5, 0.6) is 0 Å². The molecule has 0 aliphatic carbocycles. The highest BCUT2D eigenvalue weighted by Gasteiger charge is 2.30. The molecule has 8 heteroatoms. The molecule has 0 unspecified atom stereocenters. The van der Waals surface area contributed by atoms with Gasteiger partial charge in [0.15, 0.2) is 0 Å². The van der Waals surface area contributed by atoms with Crippen molar-refractivity contribution >= 4 is 30.1 Å². The number of piperazine rings is 1. The lowest BCUT2D eigenvalue weighted by Gasteiger charge is -2.37. The Kier molecular flexibility index (Phi) is 8.71. The van der Waals surface area contributed by atoms with E-state index >= 15 is 0 Å². The number of nitrogens with zero attached hydrogens (tertiary/aromatic N) is 2. The Morgan fingerprint density at radius 1 is 1.04 bits per heavy atom. The van der Waals surface area contributed by atoms with E-state index < -0.39 is 11.5 Å². The number of amides is 3. The fraction of sp³-hybridized carbons (Fsp3) is 0.812. The van der Waals surface area contributed by atoms with Crippen LogP contribution in [0.25, 0.3) is 0 Å². The minimum Gasteiger partial charge on any atom is -0.346 e. The Hall–Kier alpha value is -1.34. The standard InChI is InChI=1S/C16H30N4O3.ClH/c1-11(2)13(17)14(22)18-10-12(21)19-6-8-20(9-7-19)15(23)16(3,4)5;/h11,13H,6-10,17H2,1-5H3,(H,18,22);1H/t13-;/m0./s1. The minimum absolute atomic E-state index is 0. The Bertz CT molecular complexity index is 455. The maximum Gasteiger partial charge on any atom is 0.242 e. The topological polar surface area (TPSA) is 95.7 Å². The number of halogens is 1. The molecule has 1 saturated heterocycles. The molecule has 1 rings (SSSR count). The highest BCUT2D eigenvalue weighted by molar-refractivity contribution is 5.87. The van der Waals surface area contributed by atoms with Gasteiger partial charge >= 0.3 is 0 Å². The molecule has 0 bridgehead atoms. The molecule has 0 aromatic carbocycles. The molecule has 0 spiro atoms. The van der Waals surface area contributed by atoms with Crippen molar-refractivity contribution in [3.8, 4) is 0 Å². The van der Waals surface area contributed by atoms with Crippen LogP contribution in [0.1, 0.15) is 34.6 Å². The monoisotopic (exact) mass is 362 g/mol. The Morgan fingerprint density at radius 2 is 1.50 bits per heavy atom. The van der Waals surface area contributed by atoms with Crippen LogP contribution in [-0.4, -0.2) is 66.3 Å². The zero-order valence-electron chi connectivity index (χ0n) is 15.3. The van der Waals surface area contributed by atoms with Gasteiger partial charge in [-0.1, -0.05) is 34.6 Å². The normalized spacial score (nSPS) is 16.5. The molecule has 24 heavy (non-hydrogen) atoms. The largest absolute Gasteiger partial charge is 0.346 e. The van der Waals surface area contributed by atoms with E-state index in [1.54, 1.807) is 9.80 Å². The van der Waals surface area contributed by atoms with Gasteiger partial charge < -0.3 is 20.9 Å². The van der Waals surface area contributed by atoms with Crippen LogP contribution in [0.15, 0.2) is 0 Å². The third-order valence-corrected chi connectivity index (χ3v) is 4.00. The third kappa shape index (κ3) is 6.28. The summed E-state index contributed by atoms with van der Waals surface area (Å²) in [7, 11) is 0. The summed E-state index contributed by atoms with van der Waals surface area (Å²) in [6.45, 7) is 11.4. The van der Waals surface area contributed by atoms with E-state index in [1.165, 1.54) is 0 Å². The summed E-state index contributed by atoms with van der Waals surface area (Å²) in [5.41, 5.74) is 5.33. The lowest BCUT2D eigenvalue weighted by molar-refractivity contribution is -0.144. The molecular formula is C16H31ClN4O3. The number of nitrogens with one attached hydrogen (secondary N) is 1. The molecule has 1 aliphatic heterocycles. The first-order chi connectivity index (χ1) is 10.5. The first-order valence-corrected chi connectivity index (χ1v) is 8.14. The summed E-state index contributed by atoms with van der Waals surface area (Å²) in [4.78, 5) is 39.6. The summed E-state index contributed by atoms with van der Waals surface area (Å²) in [6, 6.07) is -0.607. The second-order valence-electron chi connectivity index (χ2n) is 7.41. The van der Waals surface area contributed by atoms with Crippen LogP contribution >= 0.6 is 12.4 Å². The van der Waals surface area contributed by atoms with E-state index in [4.69, 9.17) is 5.73 Å². The third-order valence-electron chi connectivity index (χ3n) is 4.00. The molecule has 140 valence electrons. The van der Waals surface area contributed by atoms with Crippen molar-refractivity contribution in [2.24, 2.45) is 17.1 Å². The van der Waals surface area contributed by atoms with Gasteiger partial charge in [-0.15, -0.1) is 12.4 Å². The van der Waals surface area contributed by atoms with E-state index in [0.29, 0.717) is 26.2 Å². The first-order valence-electron chi connectivity index (χ1n) is 8.14. The summed E-state index contributed by atoms with van der Waals surface area (Å²) >= 11 is 0. The van der Waals surface area contributed by atoms with Crippen molar-refractivity contribution < 1.29 is 14.4 Å². The molecule has 0 aromatic rings. The predicted molar refractivity (Wildman–Crippen MR) is 95.7 cm³/mol. The van der Waals surface area contributed by atoms with E-state index in [1.807, 2.05) is 34.6 Å². The zero-order chi connectivity index (χ0) is 17.8. The van der Waals surface area contributed by atoms with Crippen molar-refractivity contribution in [3.05, 3.63) is 0 Å². The molecule has 7 nitrogen and oxygen atoms in total. The summed E-state index contributed by atoms with van der Waals surface area (Å²) in [5.74, 6) is -0.329. The lowest BCUT2D eigenvalue weighted by Crippen LogP contribution is -2.55. The van der Waals surface area contributed by atoms with Gasteiger partial charge in [-0.3, -0.25) is 14.4 Å².